The van der Waals surface area contributed by atoms with Gasteiger partial charge in [0.15, 0.2) is 5.75 Å². The summed E-state index contributed by atoms with van der Waals surface area (Å²) in [6.45, 7) is 3.13. The Balaban J connectivity index is 2.58. The van der Waals surface area contributed by atoms with Crippen LogP contribution in [0.1, 0.15) is 19.8 Å². The van der Waals surface area contributed by atoms with Crippen LogP contribution in [-0.4, -0.2) is 44.6 Å². The second kappa shape index (κ2) is 4.94. The monoisotopic (exact) mass is 235 g/mol. The Morgan fingerprint density at radius 3 is 2.40 bits per heavy atom. The number of hydrogen-bond acceptors (Lipinski definition) is 4. The van der Waals surface area contributed by atoms with Gasteiger partial charge in [-0.05, 0) is 18.8 Å². The van der Waals surface area contributed by atoms with Crippen molar-refractivity contribution in [3.05, 3.63) is 0 Å². The van der Waals surface area contributed by atoms with Crippen molar-refractivity contribution in [2.75, 3.05) is 26.0 Å². The Hall–Kier alpha value is -0.620. The molecule has 0 bridgehead atoms. The van der Waals surface area contributed by atoms with Gasteiger partial charge in [-0.1, -0.05) is 6.92 Å². The van der Waals surface area contributed by atoms with Gasteiger partial charge in [-0.3, -0.25) is 4.79 Å². The molecule has 0 N–H and O–H groups in total. The van der Waals surface area contributed by atoms with E-state index in [-0.39, 0.29) is 0 Å². The molecular formula is C9H17NO4S. The molecule has 0 atom stereocenters. The van der Waals surface area contributed by atoms with Crippen molar-refractivity contribution in [3.8, 4) is 0 Å². The van der Waals surface area contributed by atoms with Crippen LogP contribution in [-0.2, 0) is 19.6 Å². The number of methoxy groups -OCH3 is 1. The number of ether oxygens (including phenoxy) is 1. The van der Waals surface area contributed by atoms with Crippen LogP contribution in [0.3, 0.4) is 0 Å². The molecular weight excluding hydrogens is 218 g/mol. The van der Waals surface area contributed by atoms with Gasteiger partial charge in [0.1, 0.15) is 0 Å². The molecule has 0 spiro atoms. The lowest BCUT2D eigenvalue weighted by Gasteiger charge is -2.28. The van der Waals surface area contributed by atoms with Gasteiger partial charge in [0.25, 0.3) is 0 Å². The molecule has 0 unspecified atom stereocenters. The predicted octanol–water partition coefficient (Wildman–Crippen LogP) is 0.221. The van der Waals surface area contributed by atoms with E-state index in [9.17, 15) is 13.2 Å². The third-order valence-corrected chi connectivity index (χ3v) is 4.42. The van der Waals surface area contributed by atoms with Gasteiger partial charge >= 0.3 is 5.97 Å². The van der Waals surface area contributed by atoms with Gasteiger partial charge < -0.3 is 4.74 Å². The quantitative estimate of drug-likeness (QED) is 0.656. The van der Waals surface area contributed by atoms with Crippen LogP contribution in [0.15, 0.2) is 0 Å². The second-order valence-corrected chi connectivity index (χ2v) is 5.88. The maximum Gasteiger partial charge on any atom is 0.322 e. The first-order valence-corrected chi connectivity index (χ1v) is 6.61. The number of nitrogens with zero attached hydrogens (tertiary/aromatic N) is 1. The van der Waals surface area contributed by atoms with E-state index in [0.29, 0.717) is 19.0 Å². The maximum absolute atomic E-state index is 11.7. The Labute approximate surface area is 90.4 Å². The number of piperidine rings is 1. The van der Waals surface area contributed by atoms with Crippen molar-refractivity contribution in [1.29, 1.82) is 0 Å². The van der Waals surface area contributed by atoms with E-state index in [0.717, 1.165) is 12.8 Å². The topological polar surface area (TPSA) is 63.7 Å². The second-order valence-electron chi connectivity index (χ2n) is 3.91. The van der Waals surface area contributed by atoms with Crippen LogP contribution in [0.4, 0.5) is 0 Å². The van der Waals surface area contributed by atoms with E-state index >= 15 is 0 Å². The highest BCUT2D eigenvalue weighted by Gasteiger charge is 2.28. The third kappa shape index (κ3) is 3.46. The van der Waals surface area contributed by atoms with E-state index in [1.807, 2.05) is 0 Å². The van der Waals surface area contributed by atoms with Gasteiger partial charge in [0, 0.05) is 13.1 Å². The lowest BCUT2D eigenvalue weighted by Crippen LogP contribution is -2.40. The number of esters is 1. The summed E-state index contributed by atoms with van der Waals surface area (Å²) in [7, 11) is -2.27. The highest BCUT2D eigenvalue weighted by molar-refractivity contribution is 7.89. The fraction of sp³-hybridized carbons (Fsp3) is 0.889. The number of carbonyl (C=O) groups excluding carboxylic acids is 1. The minimum absolute atomic E-state index is 0.514. The molecule has 1 aliphatic rings. The zero-order valence-corrected chi connectivity index (χ0v) is 9.92. The fourth-order valence-corrected chi connectivity index (χ4v) is 2.93. The summed E-state index contributed by atoms with van der Waals surface area (Å²) in [5, 5.41) is 0. The van der Waals surface area contributed by atoms with E-state index in [2.05, 4.69) is 11.7 Å². The van der Waals surface area contributed by atoms with E-state index in [1.54, 1.807) is 0 Å². The SMILES string of the molecule is COC(=O)CS(=O)(=O)N1CCC(C)CC1. The minimum Gasteiger partial charge on any atom is -0.468 e. The van der Waals surface area contributed by atoms with Crippen molar-refractivity contribution in [2.24, 2.45) is 5.92 Å². The van der Waals surface area contributed by atoms with E-state index in [4.69, 9.17) is 0 Å². The molecule has 0 aromatic rings. The van der Waals surface area contributed by atoms with E-state index < -0.39 is 21.7 Å². The van der Waals surface area contributed by atoms with Crippen LogP contribution >= 0.6 is 0 Å². The Morgan fingerprint density at radius 1 is 1.40 bits per heavy atom. The van der Waals surface area contributed by atoms with Crippen LogP contribution in [0, 0.1) is 5.92 Å². The normalized spacial score (nSPS) is 20.1. The standard InChI is InChI=1S/C9H17NO4S/c1-8-3-5-10(6-4-8)15(12,13)7-9(11)14-2/h8H,3-7H2,1-2H3. The molecule has 0 aliphatic carbocycles. The van der Waals surface area contributed by atoms with E-state index in [1.165, 1.54) is 11.4 Å². The van der Waals surface area contributed by atoms with Gasteiger partial charge in [-0.2, -0.15) is 0 Å². The van der Waals surface area contributed by atoms with Crippen molar-refractivity contribution in [3.63, 3.8) is 0 Å². The average molecular weight is 235 g/mol. The number of rotatable bonds is 3. The Kier molecular flexibility index (Phi) is 4.10. The van der Waals surface area contributed by atoms with Crippen LogP contribution in [0.5, 0.6) is 0 Å². The molecule has 1 saturated heterocycles. The molecule has 0 aromatic carbocycles. The lowest BCUT2D eigenvalue weighted by molar-refractivity contribution is -0.137. The molecule has 1 aliphatic heterocycles. The number of carbonyl (C=O) groups is 1. The maximum atomic E-state index is 11.7. The minimum atomic E-state index is -3.46. The first-order chi connectivity index (χ1) is 6.95. The average Bonchev–Trinajstić information content (AvgIpc) is 2.17. The molecule has 1 rings (SSSR count). The Morgan fingerprint density at radius 2 is 1.93 bits per heavy atom. The lowest BCUT2D eigenvalue weighted by atomic mass is 10.0. The highest BCUT2D eigenvalue weighted by atomic mass is 32.2. The molecule has 15 heavy (non-hydrogen) atoms. The molecule has 88 valence electrons. The molecule has 0 amide bonds. The van der Waals surface area contributed by atoms with Crippen LogP contribution in [0.25, 0.3) is 0 Å². The van der Waals surface area contributed by atoms with Crippen molar-refractivity contribution in [1.82, 2.24) is 4.31 Å². The van der Waals surface area contributed by atoms with Crippen molar-refractivity contribution >= 4 is 16.0 Å². The summed E-state index contributed by atoms with van der Waals surface area (Å²) < 4.78 is 29.1. The van der Waals surface area contributed by atoms with Crippen LogP contribution < -0.4 is 0 Å². The molecule has 6 heteroatoms. The summed E-state index contributed by atoms with van der Waals surface area (Å²) >= 11 is 0. The summed E-state index contributed by atoms with van der Waals surface area (Å²) in [6, 6.07) is 0. The third-order valence-electron chi connectivity index (χ3n) is 2.66. The van der Waals surface area contributed by atoms with Gasteiger partial charge in [-0.15, -0.1) is 0 Å². The summed E-state index contributed by atoms with van der Waals surface area (Å²) in [4.78, 5) is 10.9. The summed E-state index contributed by atoms with van der Waals surface area (Å²) in [5.41, 5.74) is 0. The molecule has 0 aromatic heterocycles. The van der Waals surface area contributed by atoms with Crippen molar-refractivity contribution < 1.29 is 17.9 Å². The summed E-state index contributed by atoms with van der Waals surface area (Å²) in [6.07, 6.45) is 1.72. The predicted molar refractivity (Wildman–Crippen MR) is 55.8 cm³/mol. The van der Waals surface area contributed by atoms with Crippen molar-refractivity contribution in [2.45, 2.75) is 19.8 Å². The zero-order chi connectivity index (χ0) is 11.5. The smallest absolute Gasteiger partial charge is 0.322 e. The highest BCUT2D eigenvalue weighted by Crippen LogP contribution is 2.18. The zero-order valence-electron chi connectivity index (χ0n) is 9.10. The first-order valence-electron chi connectivity index (χ1n) is 5.00. The Bertz CT molecular complexity index is 317. The largest absolute Gasteiger partial charge is 0.468 e. The first kappa shape index (κ1) is 12.4. The summed E-state index contributed by atoms with van der Waals surface area (Å²) in [5.74, 6) is -0.680. The molecule has 0 saturated carbocycles. The molecule has 1 heterocycles. The van der Waals surface area contributed by atoms with Gasteiger partial charge in [0.2, 0.25) is 10.0 Å². The fourth-order valence-electron chi connectivity index (χ4n) is 1.56. The van der Waals surface area contributed by atoms with Crippen LogP contribution in [0.2, 0.25) is 0 Å². The number of hydrogen-bond donors (Lipinski definition) is 0. The molecule has 0 radical (unpaired) electrons. The number of sulfonamides is 1. The van der Waals surface area contributed by atoms with Gasteiger partial charge in [-0.25, -0.2) is 12.7 Å². The van der Waals surface area contributed by atoms with Gasteiger partial charge in [0.05, 0.1) is 7.11 Å². The molecule has 1 fully saturated rings. The molecule has 5 nitrogen and oxygen atoms in total.